The van der Waals surface area contributed by atoms with Crippen LogP contribution in [0.1, 0.15) is 46.3 Å². The zero-order chi connectivity index (χ0) is 24.9. The molecule has 2 aromatic carbocycles. The zero-order valence-corrected chi connectivity index (χ0v) is 20.3. The number of nitrogens with zero attached hydrogens (tertiary/aromatic N) is 1. The largest absolute Gasteiger partial charge is 0.452 e. The van der Waals surface area contributed by atoms with E-state index >= 15 is 0 Å². The molecule has 0 radical (unpaired) electrons. The maximum absolute atomic E-state index is 13.0. The Balaban J connectivity index is 1.59. The van der Waals surface area contributed by atoms with Crippen LogP contribution in [0.2, 0.25) is 0 Å². The lowest BCUT2D eigenvalue weighted by molar-refractivity contribution is -0.123. The van der Waals surface area contributed by atoms with Gasteiger partial charge in [0.1, 0.15) is 0 Å². The van der Waals surface area contributed by atoms with E-state index in [1.807, 2.05) is 19.9 Å². The molecule has 34 heavy (non-hydrogen) atoms. The lowest BCUT2D eigenvalue weighted by Crippen LogP contribution is -2.37. The number of ether oxygens (including phenoxy) is 1. The van der Waals surface area contributed by atoms with Crippen LogP contribution in [0.4, 0.5) is 10.5 Å². The molecular formula is C24H29N3O6S. The second kappa shape index (κ2) is 10.8. The number of hydrogen-bond donors (Lipinski definition) is 2. The van der Waals surface area contributed by atoms with E-state index in [9.17, 15) is 22.8 Å². The van der Waals surface area contributed by atoms with E-state index in [-0.39, 0.29) is 10.5 Å². The van der Waals surface area contributed by atoms with Gasteiger partial charge in [-0.2, -0.15) is 4.31 Å². The van der Waals surface area contributed by atoms with Crippen molar-refractivity contribution in [2.24, 2.45) is 0 Å². The maximum Gasteiger partial charge on any atom is 0.338 e. The van der Waals surface area contributed by atoms with Crippen LogP contribution < -0.4 is 10.6 Å². The van der Waals surface area contributed by atoms with Crippen LogP contribution in [0, 0.1) is 20.8 Å². The van der Waals surface area contributed by atoms with Gasteiger partial charge in [-0.05, 0) is 74.6 Å². The summed E-state index contributed by atoms with van der Waals surface area (Å²) in [6.45, 7) is 5.70. The van der Waals surface area contributed by atoms with Crippen molar-refractivity contribution in [3.8, 4) is 0 Å². The van der Waals surface area contributed by atoms with Crippen LogP contribution in [-0.2, 0) is 19.6 Å². The number of esters is 1. The van der Waals surface area contributed by atoms with Crippen LogP contribution in [0.3, 0.4) is 0 Å². The van der Waals surface area contributed by atoms with Crippen molar-refractivity contribution in [2.75, 3.05) is 25.0 Å². The number of benzene rings is 2. The highest BCUT2D eigenvalue weighted by Gasteiger charge is 2.28. The van der Waals surface area contributed by atoms with Gasteiger partial charge in [0.25, 0.3) is 5.91 Å². The smallest absolute Gasteiger partial charge is 0.338 e. The summed E-state index contributed by atoms with van der Waals surface area (Å²) in [6, 6.07) is 8.81. The molecule has 1 saturated heterocycles. The summed E-state index contributed by atoms with van der Waals surface area (Å²) in [6.07, 6.45) is 2.58. The van der Waals surface area contributed by atoms with Crippen molar-refractivity contribution in [1.29, 1.82) is 0 Å². The third kappa shape index (κ3) is 6.21. The normalized spacial score (nSPS) is 14.3. The molecule has 182 valence electrons. The van der Waals surface area contributed by atoms with E-state index in [0.717, 1.165) is 30.4 Å². The zero-order valence-electron chi connectivity index (χ0n) is 19.5. The maximum atomic E-state index is 13.0. The number of carbonyl (C=O) groups excluding carboxylic acids is 3. The number of nitrogens with one attached hydrogen (secondary N) is 2. The second-order valence-electron chi connectivity index (χ2n) is 8.32. The van der Waals surface area contributed by atoms with Gasteiger partial charge in [0.2, 0.25) is 10.0 Å². The number of anilines is 1. The minimum absolute atomic E-state index is 0.00793. The van der Waals surface area contributed by atoms with E-state index in [1.165, 1.54) is 22.5 Å². The fraction of sp³-hybridized carbons (Fsp3) is 0.375. The summed E-state index contributed by atoms with van der Waals surface area (Å²) < 4.78 is 32.5. The van der Waals surface area contributed by atoms with Crippen LogP contribution in [0.25, 0.3) is 0 Å². The number of urea groups is 1. The van der Waals surface area contributed by atoms with Crippen LogP contribution in [-0.4, -0.2) is 50.3 Å². The Bertz CT molecular complexity index is 1200. The van der Waals surface area contributed by atoms with Crippen molar-refractivity contribution in [3.63, 3.8) is 0 Å². The molecule has 0 aliphatic carbocycles. The Kier molecular flexibility index (Phi) is 8.06. The van der Waals surface area contributed by atoms with Gasteiger partial charge in [-0.3, -0.25) is 10.1 Å². The van der Waals surface area contributed by atoms with Gasteiger partial charge >= 0.3 is 12.0 Å². The van der Waals surface area contributed by atoms with Gasteiger partial charge < -0.3 is 10.1 Å². The first-order chi connectivity index (χ1) is 16.1. The van der Waals surface area contributed by atoms with Gasteiger partial charge in [-0.15, -0.1) is 0 Å². The first kappa shape index (κ1) is 25.4. The summed E-state index contributed by atoms with van der Waals surface area (Å²) in [5, 5.41) is 4.63. The molecule has 0 unspecified atom stereocenters. The third-order valence-electron chi connectivity index (χ3n) is 5.71. The molecule has 0 aromatic heterocycles. The number of aryl methyl sites for hydroxylation is 3. The first-order valence-corrected chi connectivity index (χ1v) is 12.5. The number of imide groups is 1. The predicted octanol–water partition coefficient (Wildman–Crippen LogP) is 3.29. The van der Waals surface area contributed by atoms with Crippen molar-refractivity contribution in [3.05, 3.63) is 58.7 Å². The summed E-state index contributed by atoms with van der Waals surface area (Å²) >= 11 is 0. The molecule has 1 aliphatic heterocycles. The molecule has 2 aromatic rings. The standard InChI is InChI=1S/C24H29N3O6S/c1-16-8-10-20(13-18(16)3)25-24(30)26-22(28)15-33-23(29)19-9-7-17(2)21(14-19)34(31,32)27-11-5-4-6-12-27/h7-10,13-14H,4-6,11-12,15H2,1-3H3,(H2,25,26,28,30). The molecule has 3 rings (SSSR count). The Morgan fingerprint density at radius 3 is 2.26 bits per heavy atom. The van der Waals surface area contributed by atoms with Gasteiger partial charge in [0, 0.05) is 18.8 Å². The minimum atomic E-state index is -3.74. The average Bonchev–Trinajstić information content (AvgIpc) is 2.80. The van der Waals surface area contributed by atoms with Crippen molar-refractivity contribution < 1.29 is 27.5 Å². The summed E-state index contributed by atoms with van der Waals surface area (Å²) in [5.74, 6) is -1.68. The number of sulfonamides is 1. The quantitative estimate of drug-likeness (QED) is 0.603. The highest BCUT2D eigenvalue weighted by atomic mass is 32.2. The van der Waals surface area contributed by atoms with E-state index < -0.39 is 34.5 Å². The number of piperidine rings is 1. The third-order valence-corrected chi connectivity index (χ3v) is 7.75. The van der Waals surface area contributed by atoms with E-state index in [0.29, 0.717) is 24.3 Å². The van der Waals surface area contributed by atoms with Crippen molar-refractivity contribution in [1.82, 2.24) is 9.62 Å². The Morgan fingerprint density at radius 1 is 0.912 bits per heavy atom. The molecule has 0 saturated carbocycles. The number of hydrogen-bond acceptors (Lipinski definition) is 6. The number of rotatable bonds is 6. The van der Waals surface area contributed by atoms with Crippen LogP contribution in [0.15, 0.2) is 41.3 Å². The van der Waals surface area contributed by atoms with Gasteiger partial charge in [0.15, 0.2) is 6.61 Å². The lowest BCUT2D eigenvalue weighted by atomic mass is 10.1. The number of carbonyl (C=O) groups is 3. The topological polar surface area (TPSA) is 122 Å². The molecule has 3 amide bonds. The van der Waals surface area contributed by atoms with E-state index in [1.54, 1.807) is 19.1 Å². The molecule has 1 aliphatic rings. The van der Waals surface area contributed by atoms with Crippen molar-refractivity contribution in [2.45, 2.75) is 44.9 Å². The SMILES string of the molecule is Cc1ccc(NC(=O)NC(=O)COC(=O)c2ccc(C)c(S(=O)(=O)N3CCCCC3)c2)cc1C. The molecule has 10 heteroatoms. The van der Waals surface area contributed by atoms with E-state index in [4.69, 9.17) is 4.74 Å². The fourth-order valence-electron chi connectivity index (χ4n) is 3.61. The first-order valence-electron chi connectivity index (χ1n) is 11.0. The Hall–Kier alpha value is -3.24. The molecule has 0 spiro atoms. The molecule has 9 nitrogen and oxygen atoms in total. The summed E-state index contributed by atoms with van der Waals surface area (Å²) in [5.41, 5.74) is 3.10. The lowest BCUT2D eigenvalue weighted by Gasteiger charge is -2.26. The predicted molar refractivity (Wildman–Crippen MR) is 127 cm³/mol. The molecular weight excluding hydrogens is 458 g/mol. The molecule has 0 bridgehead atoms. The van der Waals surface area contributed by atoms with Crippen LogP contribution in [0.5, 0.6) is 0 Å². The molecule has 0 atom stereocenters. The van der Waals surface area contributed by atoms with Gasteiger partial charge in [0.05, 0.1) is 10.5 Å². The summed E-state index contributed by atoms with van der Waals surface area (Å²) in [4.78, 5) is 36.6. The molecule has 2 N–H and O–H groups in total. The van der Waals surface area contributed by atoms with Gasteiger partial charge in [-0.25, -0.2) is 18.0 Å². The molecule has 1 fully saturated rings. The Morgan fingerprint density at radius 2 is 1.59 bits per heavy atom. The monoisotopic (exact) mass is 487 g/mol. The highest BCUT2D eigenvalue weighted by Crippen LogP contribution is 2.24. The number of amides is 3. The summed E-state index contributed by atoms with van der Waals surface area (Å²) in [7, 11) is -3.74. The molecule has 1 heterocycles. The minimum Gasteiger partial charge on any atom is -0.452 e. The van der Waals surface area contributed by atoms with Gasteiger partial charge in [-0.1, -0.05) is 18.6 Å². The second-order valence-corrected chi connectivity index (χ2v) is 10.2. The highest BCUT2D eigenvalue weighted by molar-refractivity contribution is 7.89. The van der Waals surface area contributed by atoms with Crippen LogP contribution >= 0.6 is 0 Å². The average molecular weight is 488 g/mol. The van der Waals surface area contributed by atoms with E-state index in [2.05, 4.69) is 10.6 Å². The van der Waals surface area contributed by atoms with Crippen molar-refractivity contribution >= 4 is 33.6 Å². The fourth-order valence-corrected chi connectivity index (χ4v) is 5.38. The Labute approximate surface area is 199 Å².